The Hall–Kier alpha value is -0.900. The first-order valence-electron chi connectivity index (χ1n) is 6.58. The molecule has 3 heteroatoms. The second-order valence-electron chi connectivity index (χ2n) is 4.94. The van der Waals surface area contributed by atoms with Crippen molar-refractivity contribution in [3.05, 3.63) is 35.9 Å². The Morgan fingerprint density at radius 2 is 1.94 bits per heavy atom. The van der Waals surface area contributed by atoms with Crippen molar-refractivity contribution in [2.24, 2.45) is 0 Å². The Kier molecular flexibility index (Phi) is 6.33. The van der Waals surface area contributed by atoms with Crippen LogP contribution in [0.1, 0.15) is 38.7 Å². The van der Waals surface area contributed by atoms with Gasteiger partial charge in [-0.25, -0.2) is 0 Å². The molecule has 0 heterocycles. The molecule has 0 radical (unpaired) electrons. The number of aliphatic hydroxyl groups excluding tert-OH is 1. The van der Waals surface area contributed by atoms with Crippen LogP contribution < -0.4 is 0 Å². The molecule has 0 aliphatic heterocycles. The minimum atomic E-state index is -0.828. The summed E-state index contributed by atoms with van der Waals surface area (Å²) in [5, 5.41) is 19.6. The highest BCUT2D eigenvalue weighted by Crippen LogP contribution is 2.19. The topological polar surface area (TPSA) is 49.7 Å². The minimum absolute atomic E-state index is 0.311. The summed E-state index contributed by atoms with van der Waals surface area (Å²) in [7, 11) is 0. The zero-order valence-corrected chi connectivity index (χ0v) is 11.3. The monoisotopic (exact) mass is 252 g/mol. The highest BCUT2D eigenvalue weighted by molar-refractivity contribution is 5.13. The van der Waals surface area contributed by atoms with Crippen LogP contribution in [0.2, 0.25) is 0 Å². The SMILES string of the molecule is CCC(O)(CCC(C)O)COCc1ccccc1. The van der Waals surface area contributed by atoms with Gasteiger partial charge in [-0.2, -0.15) is 0 Å². The van der Waals surface area contributed by atoms with E-state index in [1.807, 2.05) is 37.3 Å². The second-order valence-corrected chi connectivity index (χ2v) is 4.94. The van der Waals surface area contributed by atoms with E-state index < -0.39 is 5.60 Å². The van der Waals surface area contributed by atoms with Crippen molar-refractivity contribution in [1.82, 2.24) is 0 Å². The number of ether oxygens (including phenoxy) is 1. The van der Waals surface area contributed by atoms with Gasteiger partial charge in [0.15, 0.2) is 0 Å². The summed E-state index contributed by atoms with van der Waals surface area (Å²) in [6.45, 7) is 4.50. The lowest BCUT2D eigenvalue weighted by Crippen LogP contribution is -2.34. The van der Waals surface area contributed by atoms with Crippen LogP contribution >= 0.6 is 0 Å². The first-order chi connectivity index (χ1) is 8.56. The van der Waals surface area contributed by atoms with E-state index in [-0.39, 0.29) is 6.10 Å². The molecular weight excluding hydrogens is 228 g/mol. The molecule has 102 valence electrons. The maximum absolute atomic E-state index is 10.3. The summed E-state index contributed by atoms with van der Waals surface area (Å²) in [6.07, 6.45) is 1.42. The van der Waals surface area contributed by atoms with Crippen LogP contribution in [0.25, 0.3) is 0 Å². The smallest absolute Gasteiger partial charge is 0.0878 e. The van der Waals surface area contributed by atoms with Crippen LogP contribution in [0.15, 0.2) is 30.3 Å². The van der Waals surface area contributed by atoms with Crippen LogP contribution in [0.5, 0.6) is 0 Å². The van der Waals surface area contributed by atoms with Gasteiger partial charge in [-0.3, -0.25) is 0 Å². The average molecular weight is 252 g/mol. The standard InChI is InChI=1S/C15H24O3/c1-3-15(17,10-9-13(2)16)12-18-11-14-7-5-4-6-8-14/h4-8,13,16-17H,3,9-12H2,1-2H3. The third-order valence-electron chi connectivity index (χ3n) is 3.17. The molecule has 1 rings (SSSR count). The van der Waals surface area contributed by atoms with Gasteiger partial charge in [0.25, 0.3) is 0 Å². The third-order valence-corrected chi connectivity index (χ3v) is 3.17. The van der Waals surface area contributed by atoms with Gasteiger partial charge in [-0.05, 0) is 31.7 Å². The number of benzene rings is 1. The van der Waals surface area contributed by atoms with Crippen molar-refractivity contribution < 1.29 is 14.9 Å². The third kappa shape index (κ3) is 5.63. The van der Waals surface area contributed by atoms with Crippen molar-refractivity contribution in [2.45, 2.75) is 51.4 Å². The molecule has 0 amide bonds. The predicted molar refractivity (Wildman–Crippen MR) is 72.3 cm³/mol. The summed E-state index contributed by atoms with van der Waals surface area (Å²) in [5.74, 6) is 0. The van der Waals surface area contributed by atoms with Crippen LogP contribution in [-0.2, 0) is 11.3 Å². The molecular formula is C15H24O3. The van der Waals surface area contributed by atoms with Gasteiger partial charge in [0.05, 0.1) is 24.9 Å². The van der Waals surface area contributed by atoms with E-state index >= 15 is 0 Å². The zero-order chi connectivity index (χ0) is 13.4. The van der Waals surface area contributed by atoms with Crippen LogP contribution in [0.4, 0.5) is 0 Å². The molecule has 3 nitrogen and oxygen atoms in total. The predicted octanol–water partition coefficient (Wildman–Crippen LogP) is 2.51. The normalized spacial score (nSPS) is 16.2. The highest BCUT2D eigenvalue weighted by Gasteiger charge is 2.25. The van der Waals surface area contributed by atoms with E-state index in [4.69, 9.17) is 4.74 Å². The summed E-state index contributed by atoms with van der Waals surface area (Å²) < 4.78 is 5.58. The van der Waals surface area contributed by atoms with Gasteiger partial charge in [0.1, 0.15) is 0 Å². The summed E-state index contributed by atoms with van der Waals surface area (Å²) in [6, 6.07) is 9.91. The van der Waals surface area contributed by atoms with Gasteiger partial charge in [0.2, 0.25) is 0 Å². The highest BCUT2D eigenvalue weighted by atomic mass is 16.5. The fraction of sp³-hybridized carbons (Fsp3) is 0.600. The lowest BCUT2D eigenvalue weighted by Gasteiger charge is -2.27. The Morgan fingerprint density at radius 1 is 1.28 bits per heavy atom. The van der Waals surface area contributed by atoms with Gasteiger partial charge >= 0.3 is 0 Å². The van der Waals surface area contributed by atoms with E-state index in [2.05, 4.69) is 0 Å². The molecule has 18 heavy (non-hydrogen) atoms. The maximum Gasteiger partial charge on any atom is 0.0878 e. The van der Waals surface area contributed by atoms with E-state index in [0.717, 1.165) is 5.56 Å². The number of aliphatic hydroxyl groups is 2. The molecule has 2 atom stereocenters. The molecule has 0 aliphatic rings. The first-order valence-corrected chi connectivity index (χ1v) is 6.58. The molecule has 0 aliphatic carbocycles. The molecule has 1 aromatic rings. The van der Waals surface area contributed by atoms with Gasteiger partial charge in [0, 0.05) is 0 Å². The Bertz CT molecular complexity index is 324. The molecule has 0 saturated heterocycles. The quantitative estimate of drug-likeness (QED) is 0.747. The number of rotatable bonds is 8. The molecule has 0 fully saturated rings. The van der Waals surface area contributed by atoms with Gasteiger partial charge < -0.3 is 14.9 Å². The average Bonchev–Trinajstić information content (AvgIpc) is 2.38. The molecule has 0 bridgehead atoms. The molecule has 0 spiro atoms. The first kappa shape index (κ1) is 15.2. The lowest BCUT2D eigenvalue weighted by atomic mass is 9.94. The van der Waals surface area contributed by atoms with Crippen molar-refractivity contribution in [2.75, 3.05) is 6.61 Å². The summed E-state index contributed by atoms with van der Waals surface area (Å²) in [4.78, 5) is 0. The zero-order valence-electron chi connectivity index (χ0n) is 11.3. The van der Waals surface area contributed by atoms with Gasteiger partial charge in [-0.15, -0.1) is 0 Å². The van der Waals surface area contributed by atoms with Crippen molar-refractivity contribution in [3.8, 4) is 0 Å². The van der Waals surface area contributed by atoms with E-state index in [0.29, 0.717) is 32.5 Å². The minimum Gasteiger partial charge on any atom is -0.393 e. The fourth-order valence-corrected chi connectivity index (χ4v) is 1.76. The fourth-order valence-electron chi connectivity index (χ4n) is 1.76. The molecule has 0 saturated carbocycles. The van der Waals surface area contributed by atoms with Gasteiger partial charge in [-0.1, -0.05) is 37.3 Å². The number of hydrogen-bond acceptors (Lipinski definition) is 3. The molecule has 2 N–H and O–H groups in total. The van der Waals surface area contributed by atoms with E-state index in [9.17, 15) is 10.2 Å². The second kappa shape index (κ2) is 7.52. The number of hydrogen-bond donors (Lipinski definition) is 2. The summed E-state index contributed by atoms with van der Waals surface area (Å²) in [5.41, 5.74) is 0.276. The van der Waals surface area contributed by atoms with Crippen LogP contribution in [0.3, 0.4) is 0 Å². The van der Waals surface area contributed by atoms with Crippen LogP contribution in [-0.4, -0.2) is 28.5 Å². The van der Waals surface area contributed by atoms with E-state index in [1.165, 1.54) is 0 Å². The maximum atomic E-state index is 10.3. The Morgan fingerprint density at radius 3 is 2.50 bits per heavy atom. The Balaban J connectivity index is 2.34. The van der Waals surface area contributed by atoms with Crippen molar-refractivity contribution >= 4 is 0 Å². The molecule has 2 unspecified atom stereocenters. The van der Waals surface area contributed by atoms with E-state index in [1.54, 1.807) is 6.92 Å². The molecule has 1 aromatic carbocycles. The molecule has 0 aromatic heterocycles. The van der Waals surface area contributed by atoms with Crippen molar-refractivity contribution in [1.29, 1.82) is 0 Å². The van der Waals surface area contributed by atoms with Crippen molar-refractivity contribution in [3.63, 3.8) is 0 Å². The lowest BCUT2D eigenvalue weighted by molar-refractivity contribution is -0.0646. The largest absolute Gasteiger partial charge is 0.393 e. The summed E-state index contributed by atoms with van der Waals surface area (Å²) >= 11 is 0. The Labute approximate surface area is 109 Å². The van der Waals surface area contributed by atoms with Crippen LogP contribution in [0, 0.1) is 0 Å².